The van der Waals surface area contributed by atoms with Crippen molar-refractivity contribution in [1.82, 2.24) is 15.0 Å². The first-order chi connectivity index (χ1) is 45.1. The Morgan fingerprint density at radius 2 is 0.917 bits per heavy atom. The topological polar surface area (TPSA) is 231 Å². The lowest BCUT2D eigenvalue weighted by Gasteiger charge is -2.31. The number of Topliss-reactive ketones (excluding diaryl/α,β-unsaturated/α-hetero) is 3. The predicted octanol–water partition coefficient (Wildman–Crippen LogP) is 18.1. The first-order valence-electron chi connectivity index (χ1n) is 33.2. The molecule has 0 aliphatic heterocycles. The van der Waals surface area contributed by atoms with Crippen LogP contribution in [0, 0.1) is 42.4 Å². The SMILES string of the molecule is CC(=O)CBr.CC(=O)CC(C)c1ccc(N(CC(C)C)CC(C)C)c(N)c1.CC(=O)CC(C)c1ccc(N(CC(C)C)CC(C)C)c(NC(N)=S)c1.Cc1csc(Nc2cc(C(C)CC(=O)O)ccc2N(CC(C)C)CC(C)C)n1.S=C(Oc1ccccn1)Oc1ccccn1. The molecule has 0 amide bonds. The van der Waals surface area contributed by atoms with E-state index in [2.05, 4.69) is 202 Å². The number of hydrogen-bond acceptors (Lipinski definition) is 17. The van der Waals surface area contributed by atoms with Crippen LogP contribution >= 0.6 is 51.7 Å². The molecule has 0 saturated heterocycles. The number of aryl methyl sites for hydroxylation is 1. The van der Waals surface area contributed by atoms with Crippen LogP contribution in [0.5, 0.6) is 11.8 Å². The maximum atomic E-state index is 11.4. The molecule has 3 aromatic carbocycles. The highest BCUT2D eigenvalue weighted by molar-refractivity contribution is 9.09. The van der Waals surface area contributed by atoms with Gasteiger partial charge in [0.2, 0.25) is 11.8 Å². The molecule has 0 saturated carbocycles. The Morgan fingerprint density at radius 1 is 0.552 bits per heavy atom. The van der Waals surface area contributed by atoms with E-state index in [4.69, 9.17) is 50.5 Å². The van der Waals surface area contributed by atoms with E-state index in [9.17, 15) is 19.2 Å². The Bertz CT molecular complexity index is 3240. The number of halogens is 1. The Hall–Kier alpha value is -7.07. The minimum absolute atomic E-state index is 0.0302. The smallest absolute Gasteiger partial charge is 0.366 e. The third-order valence-electron chi connectivity index (χ3n) is 14.0. The van der Waals surface area contributed by atoms with Crippen LogP contribution in [0.2, 0.25) is 0 Å². The monoisotopic (exact) mass is 1440 g/mol. The van der Waals surface area contributed by atoms with Crippen molar-refractivity contribution >= 4 is 125 Å². The van der Waals surface area contributed by atoms with E-state index < -0.39 is 5.97 Å². The number of ether oxygens (including phenoxy) is 2. The van der Waals surface area contributed by atoms with Crippen molar-refractivity contribution in [3.63, 3.8) is 0 Å². The number of carboxylic acid groups (broad SMARTS) is 1. The third-order valence-corrected chi connectivity index (χ3v) is 15.9. The number of thiazole rings is 1. The lowest BCUT2D eigenvalue weighted by Crippen LogP contribution is -2.32. The van der Waals surface area contributed by atoms with Gasteiger partial charge in [0.05, 0.1) is 51.6 Å². The minimum Gasteiger partial charge on any atom is -0.481 e. The number of anilines is 7. The second-order valence-electron chi connectivity index (χ2n) is 27.1. The number of thiocarbonyl (C=S) groups is 2. The summed E-state index contributed by atoms with van der Waals surface area (Å²) in [5.41, 5.74) is 22.4. The van der Waals surface area contributed by atoms with E-state index in [1.807, 2.05) is 25.3 Å². The molecule has 528 valence electrons. The zero-order valence-electron chi connectivity index (χ0n) is 60.5. The van der Waals surface area contributed by atoms with Gasteiger partial charge in [-0.1, -0.05) is 150 Å². The zero-order valence-corrected chi connectivity index (χ0v) is 64.5. The Balaban J connectivity index is 0.000000431. The van der Waals surface area contributed by atoms with Crippen molar-refractivity contribution in [1.29, 1.82) is 0 Å². The number of aromatic nitrogens is 3. The fourth-order valence-electron chi connectivity index (χ4n) is 10.2. The fraction of sp³-hybridized carbons (Fsp3) is 0.507. The molecule has 3 atom stereocenters. The molecule has 6 aromatic rings. The molecule has 21 heteroatoms. The van der Waals surface area contributed by atoms with Gasteiger partial charge < -0.3 is 61.0 Å². The summed E-state index contributed by atoms with van der Waals surface area (Å²) in [7, 11) is 0. The van der Waals surface area contributed by atoms with E-state index in [0.717, 1.165) is 101 Å². The maximum Gasteiger partial charge on any atom is 0.366 e. The molecule has 0 aliphatic rings. The Labute approximate surface area is 597 Å². The highest BCUT2D eigenvalue weighted by Crippen LogP contribution is 2.37. The fourth-order valence-corrected chi connectivity index (χ4v) is 11.2. The second kappa shape index (κ2) is 44.7. The second-order valence-corrected chi connectivity index (χ2v) is 29.3. The van der Waals surface area contributed by atoms with Gasteiger partial charge in [0.1, 0.15) is 17.3 Å². The summed E-state index contributed by atoms with van der Waals surface area (Å²) in [6.45, 7) is 45.5. The van der Waals surface area contributed by atoms with Crippen LogP contribution in [0.25, 0.3) is 0 Å². The number of alkyl halides is 1. The molecule has 0 bridgehead atoms. The molecular weight excluding hydrogens is 1330 g/mol. The molecule has 17 nitrogen and oxygen atoms in total. The van der Waals surface area contributed by atoms with Crippen molar-refractivity contribution in [3.8, 4) is 11.8 Å². The summed E-state index contributed by atoms with van der Waals surface area (Å²) in [6.07, 6.45) is 4.45. The third kappa shape index (κ3) is 35.3. The number of carboxylic acids is 1. The number of nitrogens with one attached hydrogen (secondary N) is 2. The van der Waals surface area contributed by atoms with Crippen LogP contribution in [0.15, 0.2) is 109 Å². The number of carbonyl (C=O) groups excluding carboxylic acids is 3. The van der Waals surface area contributed by atoms with Crippen LogP contribution in [0.3, 0.4) is 0 Å². The first-order valence-corrected chi connectivity index (χ1v) is 36.0. The molecule has 3 unspecified atom stereocenters. The summed E-state index contributed by atoms with van der Waals surface area (Å²) in [4.78, 5) is 63.3. The van der Waals surface area contributed by atoms with Gasteiger partial charge in [0.25, 0.3) is 0 Å². The van der Waals surface area contributed by atoms with Crippen LogP contribution in [0.4, 0.5) is 39.3 Å². The molecule has 0 radical (unpaired) electrons. The molecule has 3 aromatic heterocycles. The standard InChI is InChI=1S/C22H33N3O2S.C20H33N3OS.C19H32N2O.C11H8N2O2S.C3H5BrO/c1-14(2)11-25(12-15(3)4)20-8-7-18(16(5)9-21(26)27)10-19(20)24-22-23-17(6)13-28-22;1-13(2)11-23(12-14(3)4)19-8-7-17(15(5)9-16(6)24)10-18(19)22-20(21)25;1-13(2)11-21(12-14(3)4)19-8-7-17(10-18(19)20)15(5)9-16(6)22;16-11(14-9-5-1-3-7-12-9)15-10-6-2-4-8-13-10;1-3(5)2-4/h7-8,10,13-16H,9,11-12H2,1-6H3,(H,23,24)(H,26,27);7-8,10,13-15H,9,11-12H2,1-6H3,(H3,21,22,25);7-8,10,13-15H,9,11-12,20H2,1-6H3;1-8H;2H2,1H3. The van der Waals surface area contributed by atoms with Gasteiger partial charge in [-0.3, -0.25) is 9.59 Å². The lowest BCUT2D eigenvalue weighted by molar-refractivity contribution is -0.137. The summed E-state index contributed by atoms with van der Waals surface area (Å²) in [5.74, 6) is 4.30. The summed E-state index contributed by atoms with van der Waals surface area (Å²) >= 11 is 14.5. The summed E-state index contributed by atoms with van der Waals surface area (Å²) in [6, 6.07) is 29.4. The normalized spacial score (nSPS) is 11.7. The predicted molar refractivity (Wildman–Crippen MR) is 415 cm³/mol. The van der Waals surface area contributed by atoms with Crippen molar-refractivity contribution in [2.45, 2.75) is 169 Å². The maximum absolute atomic E-state index is 11.4. The van der Waals surface area contributed by atoms with E-state index >= 15 is 0 Å². The van der Waals surface area contributed by atoms with Crippen molar-refractivity contribution in [3.05, 3.63) is 131 Å². The van der Waals surface area contributed by atoms with Gasteiger partial charge in [-0.25, -0.2) is 15.0 Å². The number of nitrogens with two attached hydrogens (primary N) is 2. The van der Waals surface area contributed by atoms with E-state index in [-0.39, 0.29) is 51.9 Å². The van der Waals surface area contributed by atoms with Gasteiger partial charge in [-0.2, -0.15) is 0 Å². The average Bonchev–Trinajstić information content (AvgIpc) is 1.73. The van der Waals surface area contributed by atoms with Crippen molar-refractivity contribution in [2.24, 2.45) is 41.2 Å². The molecular formula is C75H111BrN10O7S3. The van der Waals surface area contributed by atoms with E-state index in [0.29, 0.717) is 65.4 Å². The molecule has 0 spiro atoms. The average molecular weight is 1440 g/mol. The largest absolute Gasteiger partial charge is 0.481 e. The zero-order chi connectivity index (χ0) is 72.4. The number of ketones is 3. The number of hydrogen-bond donors (Lipinski definition) is 5. The van der Waals surface area contributed by atoms with Crippen molar-refractivity contribution < 1.29 is 33.8 Å². The van der Waals surface area contributed by atoms with E-state index in [1.165, 1.54) is 6.92 Å². The number of nitrogens with zero attached hydrogens (tertiary/aromatic N) is 6. The van der Waals surface area contributed by atoms with Gasteiger partial charge in [-0.15, -0.1) is 11.3 Å². The number of aliphatic carboxylic acids is 1. The highest BCUT2D eigenvalue weighted by atomic mass is 79.9. The van der Waals surface area contributed by atoms with Gasteiger partial charge in [-0.05, 0) is 158 Å². The molecule has 7 N–H and O–H groups in total. The number of pyridine rings is 2. The van der Waals surface area contributed by atoms with Gasteiger partial charge >= 0.3 is 11.2 Å². The van der Waals surface area contributed by atoms with Crippen molar-refractivity contribution in [2.75, 3.05) is 75.7 Å². The first kappa shape index (κ1) is 85.0. The summed E-state index contributed by atoms with van der Waals surface area (Å²) in [5, 5.41) is 19.4. The van der Waals surface area contributed by atoms with E-state index in [1.54, 1.807) is 74.0 Å². The summed E-state index contributed by atoms with van der Waals surface area (Å²) < 4.78 is 10.4. The van der Waals surface area contributed by atoms with Crippen LogP contribution < -0.4 is 46.3 Å². The van der Waals surface area contributed by atoms with Gasteiger partial charge in [0.15, 0.2) is 10.2 Å². The highest BCUT2D eigenvalue weighted by Gasteiger charge is 2.22. The molecule has 6 rings (SSSR count). The number of benzene rings is 3. The lowest BCUT2D eigenvalue weighted by atomic mass is 9.95. The molecule has 0 aliphatic carbocycles. The minimum atomic E-state index is -0.775. The number of carbonyl (C=O) groups is 4. The van der Waals surface area contributed by atoms with Crippen LogP contribution in [-0.4, -0.2) is 98.3 Å². The number of rotatable bonds is 30. The molecule has 3 heterocycles. The Morgan fingerprint density at radius 3 is 1.24 bits per heavy atom. The van der Waals surface area contributed by atoms with Crippen LogP contribution in [-0.2, 0) is 19.2 Å². The molecule has 0 fully saturated rings. The molecule has 96 heavy (non-hydrogen) atoms. The number of nitrogen functional groups attached to an aromatic ring is 1. The van der Waals surface area contributed by atoms with Gasteiger partial charge in [0, 0.05) is 94.2 Å². The van der Waals surface area contributed by atoms with Crippen LogP contribution in [0.1, 0.15) is 184 Å². The Kier molecular flexibility index (Phi) is 39.6. The quantitative estimate of drug-likeness (QED) is 0.0160.